The number of carboxylic acids is 1. The van der Waals surface area contributed by atoms with Gasteiger partial charge in [0.2, 0.25) is 12.7 Å². The highest BCUT2D eigenvalue weighted by Crippen LogP contribution is 2.39. The molecule has 7 nitrogen and oxygen atoms in total. The molecule has 1 saturated heterocycles. The van der Waals surface area contributed by atoms with Gasteiger partial charge in [-0.15, -0.1) is 0 Å². The summed E-state index contributed by atoms with van der Waals surface area (Å²) in [6, 6.07) is 5.42. The molecule has 2 N–H and O–H groups in total. The van der Waals surface area contributed by atoms with Gasteiger partial charge in [0.25, 0.3) is 0 Å². The number of hydrogen-bond donors (Lipinski definition) is 2. The smallest absolute Gasteiger partial charge is 0.310 e. The van der Waals surface area contributed by atoms with Crippen LogP contribution in [0.4, 0.5) is 0 Å². The number of rotatable bonds is 4. The van der Waals surface area contributed by atoms with Gasteiger partial charge in [-0.3, -0.25) is 9.59 Å². The lowest BCUT2D eigenvalue weighted by Gasteiger charge is -2.21. The molecule has 0 unspecified atom stereocenters. The summed E-state index contributed by atoms with van der Waals surface area (Å²) < 4.78 is 16.0. The van der Waals surface area contributed by atoms with Crippen molar-refractivity contribution in [1.82, 2.24) is 5.32 Å². The van der Waals surface area contributed by atoms with Crippen molar-refractivity contribution in [2.75, 3.05) is 6.79 Å². The van der Waals surface area contributed by atoms with E-state index in [1.54, 1.807) is 24.3 Å². The van der Waals surface area contributed by atoms with Crippen LogP contribution in [0.3, 0.4) is 0 Å². The molecule has 0 aromatic heterocycles. The van der Waals surface area contributed by atoms with Gasteiger partial charge < -0.3 is 24.6 Å². The van der Waals surface area contributed by atoms with E-state index in [9.17, 15) is 14.7 Å². The van der Waals surface area contributed by atoms with Crippen molar-refractivity contribution in [1.29, 1.82) is 0 Å². The fourth-order valence-corrected chi connectivity index (χ4v) is 3.27. The molecule has 4 rings (SSSR count). The number of hydrogen-bond acceptors (Lipinski definition) is 5. The fourth-order valence-electron chi connectivity index (χ4n) is 3.27. The Morgan fingerprint density at radius 2 is 1.87 bits per heavy atom. The van der Waals surface area contributed by atoms with Crippen LogP contribution in [0.1, 0.15) is 5.56 Å². The van der Waals surface area contributed by atoms with E-state index in [0.717, 1.165) is 5.56 Å². The van der Waals surface area contributed by atoms with Crippen molar-refractivity contribution in [3.05, 3.63) is 35.9 Å². The van der Waals surface area contributed by atoms with Gasteiger partial charge >= 0.3 is 5.97 Å². The van der Waals surface area contributed by atoms with Crippen molar-refractivity contribution in [2.24, 2.45) is 11.8 Å². The maximum Gasteiger partial charge on any atom is 0.310 e. The molecule has 1 aromatic rings. The first-order valence-electron chi connectivity index (χ1n) is 7.36. The van der Waals surface area contributed by atoms with Crippen LogP contribution in [0, 0.1) is 11.8 Å². The van der Waals surface area contributed by atoms with Crippen molar-refractivity contribution >= 4 is 11.9 Å². The van der Waals surface area contributed by atoms with Crippen molar-refractivity contribution in [3.8, 4) is 11.5 Å². The van der Waals surface area contributed by atoms with E-state index in [2.05, 4.69) is 5.32 Å². The first-order chi connectivity index (χ1) is 11.1. The number of amides is 1. The third-order valence-corrected chi connectivity index (χ3v) is 4.39. The summed E-state index contributed by atoms with van der Waals surface area (Å²) in [5.41, 5.74) is 0.856. The molecule has 3 aliphatic rings. The second-order valence-electron chi connectivity index (χ2n) is 5.75. The minimum absolute atomic E-state index is 0.195. The highest BCUT2D eigenvalue weighted by Gasteiger charge is 2.53. The summed E-state index contributed by atoms with van der Waals surface area (Å²) in [5, 5.41) is 12.1. The molecule has 1 fully saturated rings. The lowest BCUT2D eigenvalue weighted by Crippen LogP contribution is -2.42. The molecule has 120 valence electrons. The molecular weight excluding hydrogens is 302 g/mol. The molecule has 1 amide bonds. The molecule has 0 aliphatic carbocycles. The van der Waals surface area contributed by atoms with Crippen LogP contribution in [0.25, 0.3) is 0 Å². The topological polar surface area (TPSA) is 94.1 Å². The zero-order valence-electron chi connectivity index (χ0n) is 12.1. The van der Waals surface area contributed by atoms with Gasteiger partial charge in [-0.1, -0.05) is 18.2 Å². The van der Waals surface area contributed by atoms with Gasteiger partial charge in [-0.05, 0) is 17.7 Å². The van der Waals surface area contributed by atoms with Crippen molar-refractivity contribution in [2.45, 2.75) is 18.8 Å². The summed E-state index contributed by atoms with van der Waals surface area (Å²) in [6.45, 7) is 0.486. The predicted octanol–water partition coefficient (Wildman–Crippen LogP) is 0.686. The fraction of sp³-hybridized carbons (Fsp3) is 0.375. The number of carbonyl (C=O) groups excluding carboxylic acids is 1. The average Bonchev–Trinajstić information content (AvgIpc) is 3.25. The van der Waals surface area contributed by atoms with E-state index >= 15 is 0 Å². The van der Waals surface area contributed by atoms with Gasteiger partial charge in [0.15, 0.2) is 11.5 Å². The Labute approximate surface area is 131 Å². The summed E-state index contributed by atoms with van der Waals surface area (Å²) in [6.07, 6.45) is 2.50. The Morgan fingerprint density at radius 1 is 1.13 bits per heavy atom. The Hall–Kier alpha value is -2.54. The molecular formula is C16H15NO6. The first-order valence-corrected chi connectivity index (χ1v) is 7.36. The number of ether oxygens (including phenoxy) is 3. The quantitative estimate of drug-likeness (QED) is 0.793. The van der Waals surface area contributed by atoms with E-state index in [-0.39, 0.29) is 12.7 Å². The minimum atomic E-state index is -1.01. The van der Waals surface area contributed by atoms with Crippen LogP contribution in [-0.2, 0) is 20.9 Å². The van der Waals surface area contributed by atoms with Crippen LogP contribution in [0.5, 0.6) is 11.5 Å². The number of aliphatic carboxylic acids is 1. The third-order valence-electron chi connectivity index (χ3n) is 4.39. The van der Waals surface area contributed by atoms with E-state index in [1.165, 1.54) is 0 Å². The number of fused-ring (bicyclic) bond motifs is 3. The van der Waals surface area contributed by atoms with E-state index < -0.39 is 30.0 Å². The van der Waals surface area contributed by atoms with Crippen LogP contribution in [-0.4, -0.2) is 36.0 Å². The van der Waals surface area contributed by atoms with Crippen molar-refractivity contribution < 1.29 is 28.9 Å². The zero-order chi connectivity index (χ0) is 16.0. The second-order valence-corrected chi connectivity index (χ2v) is 5.75. The normalized spacial score (nSPS) is 29.7. The monoisotopic (exact) mass is 317 g/mol. The van der Waals surface area contributed by atoms with E-state index in [4.69, 9.17) is 14.2 Å². The molecule has 0 radical (unpaired) electrons. The molecule has 3 heterocycles. The van der Waals surface area contributed by atoms with Crippen LogP contribution >= 0.6 is 0 Å². The lowest BCUT2D eigenvalue weighted by molar-refractivity contribution is -0.146. The predicted molar refractivity (Wildman–Crippen MR) is 76.8 cm³/mol. The van der Waals surface area contributed by atoms with Gasteiger partial charge in [0.05, 0.1) is 18.1 Å². The van der Waals surface area contributed by atoms with E-state index in [0.29, 0.717) is 18.0 Å². The number of carboxylic acid groups (broad SMARTS) is 1. The van der Waals surface area contributed by atoms with Gasteiger partial charge in [-0.2, -0.15) is 0 Å². The molecule has 4 atom stereocenters. The molecule has 1 aromatic carbocycles. The number of carbonyl (C=O) groups is 2. The Morgan fingerprint density at radius 3 is 2.65 bits per heavy atom. The number of benzene rings is 1. The zero-order valence-corrected chi connectivity index (χ0v) is 12.1. The van der Waals surface area contributed by atoms with Gasteiger partial charge in [0, 0.05) is 6.54 Å². The third kappa shape index (κ3) is 2.33. The molecule has 23 heavy (non-hydrogen) atoms. The minimum Gasteiger partial charge on any atom is -0.481 e. The largest absolute Gasteiger partial charge is 0.481 e. The summed E-state index contributed by atoms with van der Waals surface area (Å²) in [7, 11) is 0. The van der Waals surface area contributed by atoms with Gasteiger partial charge in [0.1, 0.15) is 5.92 Å². The number of nitrogens with one attached hydrogen (secondary N) is 1. The molecule has 2 bridgehead atoms. The molecule has 3 aliphatic heterocycles. The van der Waals surface area contributed by atoms with Crippen molar-refractivity contribution in [3.63, 3.8) is 0 Å². The first kappa shape index (κ1) is 14.1. The standard InChI is InChI=1S/C16H15NO6/c18-15(13-10-3-4-11(23-10)14(13)16(19)20)17-6-8-1-2-9-12(5-8)22-7-21-9/h1-5,10-11,13-14H,6-7H2,(H,17,18)(H,19,20)/t10-,11-,13+,14+/m1/s1. The van der Waals surface area contributed by atoms with Crippen LogP contribution in [0.15, 0.2) is 30.4 Å². The highest BCUT2D eigenvalue weighted by molar-refractivity contribution is 5.87. The summed E-state index contributed by atoms with van der Waals surface area (Å²) >= 11 is 0. The Kier molecular flexibility index (Phi) is 3.23. The second kappa shape index (κ2) is 5.27. The maximum atomic E-state index is 12.4. The lowest BCUT2D eigenvalue weighted by atomic mass is 9.82. The van der Waals surface area contributed by atoms with Crippen LogP contribution < -0.4 is 14.8 Å². The maximum absolute atomic E-state index is 12.4. The van der Waals surface area contributed by atoms with Crippen LogP contribution in [0.2, 0.25) is 0 Å². The Balaban J connectivity index is 1.44. The highest BCUT2D eigenvalue weighted by atomic mass is 16.7. The molecule has 0 spiro atoms. The van der Waals surface area contributed by atoms with E-state index in [1.807, 2.05) is 6.07 Å². The Bertz CT molecular complexity index is 700. The molecule has 0 saturated carbocycles. The average molecular weight is 317 g/mol. The SMILES string of the molecule is O=C(O)[C@@H]1[C@@H](C(=O)NCc2ccc3c(c2)OCO3)[C@H]2C=C[C@H]1O2. The van der Waals surface area contributed by atoms with Gasteiger partial charge in [-0.25, -0.2) is 0 Å². The summed E-state index contributed by atoms with van der Waals surface area (Å²) in [4.78, 5) is 23.8. The molecule has 7 heteroatoms. The summed E-state index contributed by atoms with van der Waals surface area (Å²) in [5.74, 6) is -1.53.